The van der Waals surface area contributed by atoms with Crippen molar-refractivity contribution in [1.82, 2.24) is 4.98 Å². The van der Waals surface area contributed by atoms with E-state index in [4.69, 9.17) is 10.5 Å². The zero-order chi connectivity index (χ0) is 11.0. The van der Waals surface area contributed by atoms with Crippen LogP contribution in [-0.2, 0) is 6.54 Å². The van der Waals surface area contributed by atoms with Crippen LogP contribution < -0.4 is 10.5 Å². The van der Waals surface area contributed by atoms with Crippen LogP contribution in [0.25, 0.3) is 10.9 Å². The van der Waals surface area contributed by atoms with Gasteiger partial charge in [0.25, 0.3) is 0 Å². The van der Waals surface area contributed by atoms with Gasteiger partial charge in [-0.15, -0.1) is 0 Å². The first-order valence-electron chi connectivity index (χ1n) is 5.03. The maximum atomic E-state index is 5.67. The third-order valence-corrected chi connectivity index (χ3v) is 2.94. The molecule has 0 amide bonds. The lowest BCUT2D eigenvalue weighted by atomic mass is 10.1. The molecule has 1 heterocycles. The van der Waals surface area contributed by atoms with E-state index in [-0.39, 0.29) is 0 Å². The van der Waals surface area contributed by atoms with Gasteiger partial charge in [0, 0.05) is 23.2 Å². The number of nitrogens with one attached hydrogen (secondary N) is 1. The summed E-state index contributed by atoms with van der Waals surface area (Å²) in [6.45, 7) is 4.67. The topological polar surface area (TPSA) is 51.0 Å². The van der Waals surface area contributed by atoms with E-state index in [2.05, 4.69) is 24.9 Å². The lowest BCUT2D eigenvalue weighted by Gasteiger charge is -2.07. The summed E-state index contributed by atoms with van der Waals surface area (Å²) in [5, 5.41) is 1.21. The molecule has 0 fully saturated rings. The molecule has 0 aliphatic carbocycles. The molecule has 1 aromatic heterocycles. The Morgan fingerprint density at radius 2 is 2.07 bits per heavy atom. The van der Waals surface area contributed by atoms with Gasteiger partial charge in [-0.05, 0) is 19.4 Å². The number of rotatable bonds is 2. The SMILES string of the molecule is COc1c(CN)ccc2c(C)c(C)[nH]c12. The number of aromatic nitrogens is 1. The van der Waals surface area contributed by atoms with Gasteiger partial charge in [0.1, 0.15) is 5.75 Å². The maximum Gasteiger partial charge on any atom is 0.147 e. The van der Waals surface area contributed by atoms with Gasteiger partial charge in [-0.2, -0.15) is 0 Å². The standard InChI is InChI=1S/C12H16N2O/c1-7-8(2)14-11-10(7)5-4-9(6-13)12(11)15-3/h4-5,14H,6,13H2,1-3H3. The number of H-pyrrole nitrogens is 1. The van der Waals surface area contributed by atoms with Crippen molar-refractivity contribution >= 4 is 10.9 Å². The van der Waals surface area contributed by atoms with E-state index in [1.807, 2.05) is 6.07 Å². The van der Waals surface area contributed by atoms with Gasteiger partial charge in [0.05, 0.1) is 12.6 Å². The summed E-state index contributed by atoms with van der Waals surface area (Å²) in [7, 11) is 1.68. The van der Waals surface area contributed by atoms with Crippen LogP contribution in [-0.4, -0.2) is 12.1 Å². The minimum Gasteiger partial charge on any atom is -0.494 e. The molecule has 1 aromatic carbocycles. The van der Waals surface area contributed by atoms with E-state index < -0.39 is 0 Å². The molecule has 3 nitrogen and oxygen atoms in total. The van der Waals surface area contributed by atoms with Gasteiger partial charge in [-0.25, -0.2) is 0 Å². The minimum atomic E-state index is 0.496. The second-order valence-corrected chi connectivity index (χ2v) is 3.76. The van der Waals surface area contributed by atoms with Crippen LogP contribution in [0.1, 0.15) is 16.8 Å². The zero-order valence-electron chi connectivity index (χ0n) is 9.35. The molecule has 0 aliphatic rings. The molecule has 0 aliphatic heterocycles. The van der Waals surface area contributed by atoms with E-state index >= 15 is 0 Å². The number of methoxy groups -OCH3 is 1. The number of hydrogen-bond acceptors (Lipinski definition) is 2. The van der Waals surface area contributed by atoms with Gasteiger partial charge in [0.15, 0.2) is 0 Å². The summed E-state index contributed by atoms with van der Waals surface area (Å²) in [5.41, 5.74) is 10.2. The summed E-state index contributed by atoms with van der Waals surface area (Å²) in [6, 6.07) is 4.13. The molecule has 3 N–H and O–H groups in total. The number of aryl methyl sites for hydroxylation is 2. The Morgan fingerprint density at radius 3 is 2.67 bits per heavy atom. The molecule has 2 rings (SSSR count). The van der Waals surface area contributed by atoms with Crippen molar-refractivity contribution in [2.24, 2.45) is 5.73 Å². The molecule has 3 heteroatoms. The van der Waals surface area contributed by atoms with Gasteiger partial charge in [0.2, 0.25) is 0 Å². The molecule has 0 saturated carbocycles. The number of ether oxygens (including phenoxy) is 1. The Bertz CT molecular complexity index is 500. The molecule has 0 spiro atoms. The van der Waals surface area contributed by atoms with E-state index in [1.54, 1.807) is 7.11 Å². The van der Waals surface area contributed by atoms with Crippen LogP contribution in [0.3, 0.4) is 0 Å². The molecule has 15 heavy (non-hydrogen) atoms. The lowest BCUT2D eigenvalue weighted by molar-refractivity contribution is 0.414. The second kappa shape index (κ2) is 3.59. The highest BCUT2D eigenvalue weighted by atomic mass is 16.5. The van der Waals surface area contributed by atoms with Crippen molar-refractivity contribution in [3.8, 4) is 5.75 Å². The van der Waals surface area contributed by atoms with E-state index in [1.165, 1.54) is 16.6 Å². The lowest BCUT2D eigenvalue weighted by Crippen LogP contribution is -2.00. The highest BCUT2D eigenvalue weighted by Crippen LogP contribution is 2.32. The van der Waals surface area contributed by atoms with Crippen molar-refractivity contribution in [2.75, 3.05) is 7.11 Å². The largest absolute Gasteiger partial charge is 0.494 e. The molecule has 0 atom stereocenters. The smallest absolute Gasteiger partial charge is 0.147 e. The summed E-state index contributed by atoms with van der Waals surface area (Å²) in [5.74, 6) is 0.867. The van der Waals surface area contributed by atoms with Crippen LogP contribution >= 0.6 is 0 Å². The van der Waals surface area contributed by atoms with Crippen LogP contribution in [0.2, 0.25) is 0 Å². The number of nitrogens with two attached hydrogens (primary N) is 1. The monoisotopic (exact) mass is 204 g/mol. The summed E-state index contributed by atoms with van der Waals surface area (Å²) < 4.78 is 5.41. The number of benzene rings is 1. The molecular weight excluding hydrogens is 188 g/mol. The first kappa shape index (κ1) is 10.1. The first-order valence-corrected chi connectivity index (χ1v) is 5.03. The van der Waals surface area contributed by atoms with Gasteiger partial charge in [-0.1, -0.05) is 12.1 Å². The molecule has 0 saturated heterocycles. The zero-order valence-corrected chi connectivity index (χ0v) is 9.35. The molecule has 0 unspecified atom stereocenters. The summed E-state index contributed by atoms with van der Waals surface area (Å²) >= 11 is 0. The Hall–Kier alpha value is -1.48. The Morgan fingerprint density at radius 1 is 1.33 bits per heavy atom. The van der Waals surface area contributed by atoms with Crippen molar-refractivity contribution in [1.29, 1.82) is 0 Å². The predicted molar refractivity (Wildman–Crippen MR) is 62.2 cm³/mol. The predicted octanol–water partition coefficient (Wildman–Crippen LogP) is 2.25. The average molecular weight is 204 g/mol. The number of aromatic amines is 1. The van der Waals surface area contributed by atoms with Crippen molar-refractivity contribution in [2.45, 2.75) is 20.4 Å². The molecule has 80 valence electrons. The van der Waals surface area contributed by atoms with Gasteiger partial charge >= 0.3 is 0 Å². The van der Waals surface area contributed by atoms with E-state index in [9.17, 15) is 0 Å². The fourth-order valence-corrected chi connectivity index (χ4v) is 1.94. The van der Waals surface area contributed by atoms with Crippen LogP contribution in [0.15, 0.2) is 12.1 Å². The summed E-state index contributed by atoms with van der Waals surface area (Å²) in [4.78, 5) is 3.34. The highest BCUT2D eigenvalue weighted by Gasteiger charge is 2.11. The van der Waals surface area contributed by atoms with Crippen LogP contribution in [0.5, 0.6) is 5.75 Å². The number of hydrogen-bond donors (Lipinski definition) is 2. The van der Waals surface area contributed by atoms with Gasteiger partial charge in [-0.3, -0.25) is 0 Å². The molecule has 0 bridgehead atoms. The minimum absolute atomic E-state index is 0.496. The van der Waals surface area contributed by atoms with E-state index in [0.29, 0.717) is 6.54 Å². The Kier molecular flexibility index (Phi) is 2.40. The average Bonchev–Trinajstić information content (AvgIpc) is 2.54. The third kappa shape index (κ3) is 1.39. The van der Waals surface area contributed by atoms with Crippen molar-refractivity contribution < 1.29 is 4.74 Å². The quantitative estimate of drug-likeness (QED) is 0.788. The van der Waals surface area contributed by atoms with Crippen molar-refractivity contribution in [3.05, 3.63) is 29.0 Å². The third-order valence-electron chi connectivity index (χ3n) is 2.94. The summed E-state index contributed by atoms with van der Waals surface area (Å²) in [6.07, 6.45) is 0. The second-order valence-electron chi connectivity index (χ2n) is 3.76. The van der Waals surface area contributed by atoms with Crippen molar-refractivity contribution in [3.63, 3.8) is 0 Å². The fraction of sp³-hybridized carbons (Fsp3) is 0.333. The fourth-order valence-electron chi connectivity index (χ4n) is 1.94. The molecule has 0 radical (unpaired) electrons. The molecule has 2 aromatic rings. The van der Waals surface area contributed by atoms with Crippen LogP contribution in [0.4, 0.5) is 0 Å². The Balaban J connectivity index is 2.82. The van der Waals surface area contributed by atoms with Gasteiger partial charge < -0.3 is 15.5 Å². The normalized spacial score (nSPS) is 10.9. The first-order chi connectivity index (χ1) is 7.19. The maximum absolute atomic E-state index is 5.67. The van der Waals surface area contributed by atoms with Crippen LogP contribution in [0, 0.1) is 13.8 Å². The Labute approximate surface area is 89.2 Å². The number of fused-ring (bicyclic) bond motifs is 1. The van der Waals surface area contributed by atoms with E-state index in [0.717, 1.165) is 16.8 Å². The highest BCUT2D eigenvalue weighted by molar-refractivity contribution is 5.90. The molecular formula is C12H16N2O.